The zero-order chi connectivity index (χ0) is 16.7. The lowest BCUT2D eigenvalue weighted by Crippen LogP contribution is -2.08. The van der Waals surface area contributed by atoms with E-state index in [1.165, 1.54) is 0 Å². The van der Waals surface area contributed by atoms with E-state index < -0.39 is 0 Å². The Bertz CT molecular complexity index is 959. The molecule has 0 bridgehead atoms. The van der Waals surface area contributed by atoms with Gasteiger partial charge in [-0.1, -0.05) is 18.5 Å². The van der Waals surface area contributed by atoms with Crippen LogP contribution in [0.2, 0.25) is 5.02 Å². The summed E-state index contributed by atoms with van der Waals surface area (Å²) in [7, 11) is 0. The topological polar surface area (TPSA) is 78.9 Å². The summed E-state index contributed by atoms with van der Waals surface area (Å²) < 4.78 is 0. The third kappa shape index (κ3) is 2.35. The van der Waals surface area contributed by atoms with Crippen molar-refractivity contribution in [1.82, 2.24) is 20.2 Å². The first-order valence-corrected chi connectivity index (χ1v) is 8.05. The molecule has 1 aliphatic heterocycles. The molecule has 0 atom stereocenters. The quantitative estimate of drug-likeness (QED) is 0.580. The van der Waals surface area contributed by atoms with E-state index in [-0.39, 0.29) is 0 Å². The third-order valence-electron chi connectivity index (χ3n) is 4.00. The Morgan fingerprint density at radius 1 is 1.21 bits per heavy atom. The molecular weight excluding hydrogens is 324 g/mol. The molecule has 3 aromatic heterocycles. The van der Waals surface area contributed by atoms with Crippen molar-refractivity contribution in [3.8, 4) is 0 Å². The summed E-state index contributed by atoms with van der Waals surface area (Å²) in [6.45, 7) is 4.01. The lowest BCUT2D eigenvalue weighted by Gasteiger charge is -2.12. The van der Waals surface area contributed by atoms with Crippen LogP contribution in [0, 0.1) is 6.92 Å². The standard InChI is InChI=1S/C17H15ClN6/c1-3-10-6-12-14(8-20-10)21-17-15(9(2)23-24-17)22-16(12)11-4-5-19-7-13(11)18/h4-8H,3H2,1-2H3,(H2,21,23,24). The maximum Gasteiger partial charge on any atom is 0.178 e. The number of hydrogen-bond donors (Lipinski definition) is 2. The average molecular weight is 339 g/mol. The maximum atomic E-state index is 6.39. The summed E-state index contributed by atoms with van der Waals surface area (Å²) in [5, 5.41) is 11.1. The highest BCUT2D eigenvalue weighted by Crippen LogP contribution is 2.37. The summed E-state index contributed by atoms with van der Waals surface area (Å²) in [6, 6.07) is 3.92. The fraction of sp³-hybridized carbons (Fsp3) is 0.176. The molecule has 24 heavy (non-hydrogen) atoms. The lowest BCUT2D eigenvalue weighted by atomic mass is 10.0. The summed E-state index contributed by atoms with van der Waals surface area (Å²) in [5.41, 5.74) is 6.06. The smallest absolute Gasteiger partial charge is 0.178 e. The molecule has 1 aliphatic rings. The van der Waals surface area contributed by atoms with Gasteiger partial charge in [-0.15, -0.1) is 0 Å². The molecule has 0 aromatic carbocycles. The summed E-state index contributed by atoms with van der Waals surface area (Å²) in [5.74, 6) is 0.681. The molecule has 0 aliphatic carbocycles. The lowest BCUT2D eigenvalue weighted by molar-refractivity contribution is 1.03. The SMILES string of the molecule is CCc1cc2c(cn1)Nc1n[nH]c(C)c1N=C2c1ccncc1Cl. The number of nitrogens with one attached hydrogen (secondary N) is 2. The van der Waals surface area contributed by atoms with Crippen LogP contribution in [-0.4, -0.2) is 25.9 Å². The number of rotatable bonds is 2. The van der Waals surface area contributed by atoms with Crippen molar-refractivity contribution in [2.45, 2.75) is 20.3 Å². The first-order chi connectivity index (χ1) is 11.7. The number of nitrogens with zero attached hydrogens (tertiary/aromatic N) is 4. The van der Waals surface area contributed by atoms with Gasteiger partial charge in [0.05, 0.1) is 28.3 Å². The van der Waals surface area contributed by atoms with Crippen LogP contribution in [0.15, 0.2) is 35.7 Å². The van der Waals surface area contributed by atoms with Gasteiger partial charge < -0.3 is 5.32 Å². The van der Waals surface area contributed by atoms with Gasteiger partial charge in [-0.25, -0.2) is 4.99 Å². The van der Waals surface area contributed by atoms with E-state index in [4.69, 9.17) is 16.6 Å². The Balaban J connectivity index is 2.03. The number of aryl methyl sites for hydroxylation is 2. The molecule has 2 N–H and O–H groups in total. The van der Waals surface area contributed by atoms with Gasteiger partial charge in [-0.2, -0.15) is 5.10 Å². The van der Waals surface area contributed by atoms with Gasteiger partial charge in [0.2, 0.25) is 0 Å². The number of aromatic nitrogens is 4. The molecule has 0 fully saturated rings. The van der Waals surface area contributed by atoms with E-state index in [0.29, 0.717) is 10.8 Å². The van der Waals surface area contributed by atoms with Gasteiger partial charge in [0.25, 0.3) is 0 Å². The van der Waals surface area contributed by atoms with Crippen LogP contribution in [0.1, 0.15) is 29.4 Å². The summed E-state index contributed by atoms with van der Waals surface area (Å²) in [6.07, 6.45) is 6.00. The molecular formula is C17H15ClN6. The molecule has 0 saturated heterocycles. The van der Waals surface area contributed by atoms with Gasteiger partial charge in [0.1, 0.15) is 5.69 Å². The Kier molecular flexibility index (Phi) is 3.54. The zero-order valence-electron chi connectivity index (χ0n) is 13.3. The van der Waals surface area contributed by atoms with E-state index in [1.807, 2.05) is 25.3 Å². The minimum Gasteiger partial charge on any atom is -0.335 e. The van der Waals surface area contributed by atoms with Crippen LogP contribution in [0.4, 0.5) is 17.2 Å². The highest BCUT2D eigenvalue weighted by Gasteiger charge is 2.23. The highest BCUT2D eigenvalue weighted by molar-refractivity contribution is 6.36. The fourth-order valence-electron chi connectivity index (χ4n) is 2.71. The van der Waals surface area contributed by atoms with Crippen molar-refractivity contribution in [3.05, 3.63) is 58.3 Å². The molecule has 6 nitrogen and oxygen atoms in total. The monoisotopic (exact) mass is 338 g/mol. The molecule has 0 radical (unpaired) electrons. The molecule has 0 saturated carbocycles. The second kappa shape index (κ2) is 5.72. The molecule has 4 heterocycles. The van der Waals surface area contributed by atoms with Gasteiger partial charge in [0, 0.05) is 29.2 Å². The molecule has 120 valence electrons. The van der Waals surface area contributed by atoms with Crippen molar-refractivity contribution in [2.75, 3.05) is 5.32 Å². The molecule has 0 spiro atoms. The highest BCUT2D eigenvalue weighted by atomic mass is 35.5. The van der Waals surface area contributed by atoms with Crippen LogP contribution in [-0.2, 0) is 6.42 Å². The summed E-state index contributed by atoms with van der Waals surface area (Å²) >= 11 is 6.39. The van der Waals surface area contributed by atoms with Gasteiger partial charge in [-0.05, 0) is 25.5 Å². The predicted octanol–water partition coefficient (Wildman–Crippen LogP) is 3.95. The molecule has 3 aromatic rings. The van der Waals surface area contributed by atoms with E-state index in [2.05, 4.69) is 32.4 Å². The number of H-pyrrole nitrogens is 1. The number of fused-ring (bicyclic) bond motifs is 2. The normalized spacial score (nSPS) is 12.7. The first kappa shape index (κ1) is 14.8. The number of aromatic amines is 1. The largest absolute Gasteiger partial charge is 0.335 e. The van der Waals surface area contributed by atoms with Crippen molar-refractivity contribution in [3.63, 3.8) is 0 Å². The number of anilines is 2. The minimum atomic E-state index is 0.557. The summed E-state index contributed by atoms with van der Waals surface area (Å²) in [4.78, 5) is 13.4. The third-order valence-corrected chi connectivity index (χ3v) is 4.30. The van der Waals surface area contributed by atoms with Gasteiger partial charge >= 0.3 is 0 Å². The zero-order valence-corrected chi connectivity index (χ0v) is 14.0. The number of aliphatic imine (C=N–C) groups is 1. The van der Waals surface area contributed by atoms with Gasteiger partial charge in [0.15, 0.2) is 5.82 Å². The molecule has 0 amide bonds. The van der Waals surface area contributed by atoms with Gasteiger partial charge in [-0.3, -0.25) is 15.1 Å². The van der Waals surface area contributed by atoms with E-state index in [9.17, 15) is 0 Å². The van der Waals surface area contributed by atoms with E-state index in [1.54, 1.807) is 12.4 Å². The molecule has 7 heteroatoms. The molecule has 0 unspecified atom stereocenters. The first-order valence-electron chi connectivity index (χ1n) is 7.67. The van der Waals surface area contributed by atoms with E-state index >= 15 is 0 Å². The second-order valence-corrected chi connectivity index (χ2v) is 5.97. The number of pyridine rings is 2. The Hall–Kier alpha value is -2.73. The van der Waals surface area contributed by atoms with E-state index in [0.717, 1.165) is 46.0 Å². The second-order valence-electron chi connectivity index (χ2n) is 5.56. The van der Waals surface area contributed by atoms with Crippen molar-refractivity contribution in [2.24, 2.45) is 4.99 Å². The van der Waals surface area contributed by atoms with Crippen LogP contribution in [0.5, 0.6) is 0 Å². The van der Waals surface area contributed by atoms with Crippen LogP contribution in [0.25, 0.3) is 0 Å². The number of halogens is 1. The van der Waals surface area contributed by atoms with Crippen molar-refractivity contribution < 1.29 is 0 Å². The maximum absolute atomic E-state index is 6.39. The fourth-order valence-corrected chi connectivity index (χ4v) is 2.92. The van der Waals surface area contributed by atoms with Crippen molar-refractivity contribution >= 4 is 34.5 Å². The van der Waals surface area contributed by atoms with Crippen LogP contribution < -0.4 is 5.32 Å². The minimum absolute atomic E-state index is 0.557. The van der Waals surface area contributed by atoms with Crippen molar-refractivity contribution in [1.29, 1.82) is 0 Å². The Morgan fingerprint density at radius 2 is 2.08 bits per heavy atom. The Morgan fingerprint density at radius 3 is 2.88 bits per heavy atom. The number of hydrogen-bond acceptors (Lipinski definition) is 5. The van der Waals surface area contributed by atoms with Crippen LogP contribution >= 0.6 is 11.6 Å². The average Bonchev–Trinajstić information content (AvgIpc) is 2.85. The predicted molar refractivity (Wildman–Crippen MR) is 94.8 cm³/mol. The molecule has 4 rings (SSSR count). The Labute approximate surface area is 144 Å². The van der Waals surface area contributed by atoms with Crippen LogP contribution in [0.3, 0.4) is 0 Å².